The highest BCUT2D eigenvalue weighted by Crippen LogP contribution is 2.51. The van der Waals surface area contributed by atoms with Gasteiger partial charge in [0.05, 0.1) is 0 Å². The van der Waals surface area contributed by atoms with E-state index in [-0.39, 0.29) is 0 Å². The van der Waals surface area contributed by atoms with Crippen molar-refractivity contribution in [2.24, 2.45) is 17.3 Å². The van der Waals surface area contributed by atoms with Crippen molar-refractivity contribution in [1.82, 2.24) is 5.32 Å². The summed E-state index contributed by atoms with van der Waals surface area (Å²) in [7, 11) is 0. The summed E-state index contributed by atoms with van der Waals surface area (Å²) < 4.78 is 0. The largest absolute Gasteiger partial charge is 0.313 e. The van der Waals surface area contributed by atoms with Crippen molar-refractivity contribution in [3.63, 3.8) is 0 Å². The summed E-state index contributed by atoms with van der Waals surface area (Å²) in [6.45, 7) is 3.76. The Hall–Kier alpha value is -0.0400. The molecule has 0 heterocycles. The third-order valence-corrected chi connectivity index (χ3v) is 4.87. The van der Waals surface area contributed by atoms with Crippen LogP contribution in [0.1, 0.15) is 51.9 Å². The van der Waals surface area contributed by atoms with Gasteiger partial charge in [0.25, 0.3) is 0 Å². The maximum absolute atomic E-state index is 3.82. The fourth-order valence-corrected chi connectivity index (χ4v) is 3.68. The van der Waals surface area contributed by atoms with Crippen LogP contribution in [0, 0.1) is 17.3 Å². The van der Waals surface area contributed by atoms with E-state index in [1.165, 1.54) is 45.1 Å². The number of hydrogen-bond donors (Lipinski definition) is 1. The standard InChI is InChI=1S/C13H23N/c1-13(4-2-3-5-13)9-14-12-7-10-6-11(10)8-12/h10-12,14H,2-9H2,1H3. The van der Waals surface area contributed by atoms with Crippen molar-refractivity contribution in [2.75, 3.05) is 6.54 Å². The van der Waals surface area contributed by atoms with Crippen LogP contribution in [-0.2, 0) is 0 Å². The first-order chi connectivity index (χ1) is 6.75. The van der Waals surface area contributed by atoms with Gasteiger partial charge in [0, 0.05) is 12.6 Å². The predicted molar refractivity (Wildman–Crippen MR) is 59.2 cm³/mol. The van der Waals surface area contributed by atoms with Gasteiger partial charge in [0.15, 0.2) is 0 Å². The molecule has 2 unspecified atom stereocenters. The van der Waals surface area contributed by atoms with Gasteiger partial charge in [0.1, 0.15) is 0 Å². The molecule has 3 fully saturated rings. The smallest absolute Gasteiger partial charge is 0.00727 e. The van der Waals surface area contributed by atoms with E-state index in [0.717, 1.165) is 17.9 Å². The molecule has 1 heteroatoms. The molecule has 0 aromatic rings. The molecule has 0 aromatic heterocycles. The summed E-state index contributed by atoms with van der Waals surface area (Å²) in [4.78, 5) is 0. The van der Waals surface area contributed by atoms with Crippen molar-refractivity contribution in [3.05, 3.63) is 0 Å². The third-order valence-electron chi connectivity index (χ3n) is 4.87. The maximum atomic E-state index is 3.82. The summed E-state index contributed by atoms with van der Waals surface area (Å²) >= 11 is 0. The molecule has 2 atom stereocenters. The minimum atomic E-state index is 0.646. The lowest BCUT2D eigenvalue weighted by atomic mass is 9.88. The fraction of sp³-hybridized carbons (Fsp3) is 1.00. The van der Waals surface area contributed by atoms with Crippen LogP contribution in [-0.4, -0.2) is 12.6 Å². The minimum Gasteiger partial charge on any atom is -0.313 e. The number of hydrogen-bond acceptors (Lipinski definition) is 1. The molecule has 80 valence electrons. The Labute approximate surface area is 87.7 Å². The zero-order valence-corrected chi connectivity index (χ0v) is 9.39. The molecule has 1 nitrogen and oxygen atoms in total. The Morgan fingerprint density at radius 2 is 1.71 bits per heavy atom. The van der Waals surface area contributed by atoms with Crippen molar-refractivity contribution >= 4 is 0 Å². The monoisotopic (exact) mass is 193 g/mol. The quantitative estimate of drug-likeness (QED) is 0.726. The Bertz CT molecular complexity index is 207. The van der Waals surface area contributed by atoms with Gasteiger partial charge < -0.3 is 5.32 Å². The van der Waals surface area contributed by atoms with Gasteiger partial charge in [-0.15, -0.1) is 0 Å². The SMILES string of the molecule is CC1(CNC2CC3CC3C2)CCCC1. The summed E-state index contributed by atoms with van der Waals surface area (Å²) in [5, 5.41) is 3.82. The van der Waals surface area contributed by atoms with Crippen LogP contribution >= 0.6 is 0 Å². The zero-order chi connectivity index (χ0) is 9.60. The maximum Gasteiger partial charge on any atom is 0.00727 e. The van der Waals surface area contributed by atoms with Crippen LogP contribution in [0.3, 0.4) is 0 Å². The first-order valence-corrected chi connectivity index (χ1v) is 6.49. The number of nitrogens with one attached hydrogen (secondary N) is 1. The van der Waals surface area contributed by atoms with E-state index < -0.39 is 0 Å². The summed E-state index contributed by atoms with van der Waals surface area (Å²) in [5.41, 5.74) is 0.646. The second-order valence-corrected chi connectivity index (χ2v) is 6.32. The van der Waals surface area contributed by atoms with Crippen molar-refractivity contribution in [1.29, 1.82) is 0 Å². The predicted octanol–water partition coefficient (Wildman–Crippen LogP) is 2.95. The highest BCUT2D eigenvalue weighted by molar-refractivity contribution is 4.99. The number of fused-ring (bicyclic) bond motifs is 1. The Balaban J connectivity index is 1.45. The van der Waals surface area contributed by atoms with Crippen molar-refractivity contribution in [3.8, 4) is 0 Å². The van der Waals surface area contributed by atoms with E-state index in [0.29, 0.717) is 5.41 Å². The van der Waals surface area contributed by atoms with E-state index in [2.05, 4.69) is 12.2 Å². The van der Waals surface area contributed by atoms with E-state index >= 15 is 0 Å². The van der Waals surface area contributed by atoms with Crippen LogP contribution in [0.2, 0.25) is 0 Å². The van der Waals surface area contributed by atoms with Gasteiger partial charge in [-0.25, -0.2) is 0 Å². The molecule has 0 radical (unpaired) electrons. The highest BCUT2D eigenvalue weighted by atomic mass is 14.9. The average molecular weight is 193 g/mol. The minimum absolute atomic E-state index is 0.646. The van der Waals surface area contributed by atoms with Gasteiger partial charge in [0.2, 0.25) is 0 Å². The lowest BCUT2D eigenvalue weighted by molar-refractivity contribution is 0.292. The van der Waals surface area contributed by atoms with E-state index in [4.69, 9.17) is 0 Å². The third kappa shape index (κ3) is 1.71. The first kappa shape index (κ1) is 9.21. The van der Waals surface area contributed by atoms with Gasteiger partial charge in [-0.3, -0.25) is 0 Å². The zero-order valence-electron chi connectivity index (χ0n) is 9.39. The van der Waals surface area contributed by atoms with E-state index in [9.17, 15) is 0 Å². The van der Waals surface area contributed by atoms with Crippen LogP contribution in [0.5, 0.6) is 0 Å². The topological polar surface area (TPSA) is 12.0 Å². The van der Waals surface area contributed by atoms with E-state index in [1.54, 1.807) is 6.42 Å². The molecular weight excluding hydrogens is 170 g/mol. The van der Waals surface area contributed by atoms with E-state index in [1.807, 2.05) is 0 Å². The van der Waals surface area contributed by atoms with Crippen LogP contribution in [0.25, 0.3) is 0 Å². The first-order valence-electron chi connectivity index (χ1n) is 6.49. The summed E-state index contributed by atoms with van der Waals surface area (Å²) in [6.07, 6.45) is 10.4. The lowest BCUT2D eigenvalue weighted by Gasteiger charge is -2.26. The molecule has 3 aliphatic carbocycles. The van der Waals surface area contributed by atoms with Crippen LogP contribution < -0.4 is 5.32 Å². The second-order valence-electron chi connectivity index (χ2n) is 6.32. The molecular formula is C13H23N. The molecule has 0 aromatic carbocycles. The van der Waals surface area contributed by atoms with Gasteiger partial charge >= 0.3 is 0 Å². The molecule has 3 saturated carbocycles. The molecule has 0 saturated heterocycles. The Morgan fingerprint density at radius 1 is 1.07 bits per heavy atom. The van der Waals surface area contributed by atoms with Crippen molar-refractivity contribution < 1.29 is 0 Å². The summed E-state index contributed by atoms with van der Waals surface area (Å²) in [5.74, 6) is 2.26. The second kappa shape index (κ2) is 3.23. The Kier molecular flexibility index (Phi) is 2.12. The molecule has 0 bridgehead atoms. The van der Waals surface area contributed by atoms with Crippen molar-refractivity contribution in [2.45, 2.75) is 57.9 Å². The molecule has 14 heavy (non-hydrogen) atoms. The molecule has 0 aliphatic heterocycles. The fourth-order valence-electron chi connectivity index (χ4n) is 3.68. The van der Waals surface area contributed by atoms with Gasteiger partial charge in [-0.2, -0.15) is 0 Å². The molecule has 0 spiro atoms. The highest BCUT2D eigenvalue weighted by Gasteiger charge is 2.45. The average Bonchev–Trinajstić information content (AvgIpc) is 2.65. The van der Waals surface area contributed by atoms with Gasteiger partial charge in [-0.05, 0) is 49.4 Å². The molecule has 0 amide bonds. The van der Waals surface area contributed by atoms with Crippen LogP contribution in [0.15, 0.2) is 0 Å². The molecule has 3 rings (SSSR count). The Morgan fingerprint density at radius 3 is 2.36 bits per heavy atom. The van der Waals surface area contributed by atoms with Crippen LogP contribution in [0.4, 0.5) is 0 Å². The molecule has 1 N–H and O–H groups in total. The normalized spacial score (nSPS) is 43.9. The molecule has 3 aliphatic rings. The lowest BCUT2D eigenvalue weighted by Crippen LogP contribution is -2.36. The number of rotatable bonds is 3. The van der Waals surface area contributed by atoms with Gasteiger partial charge in [-0.1, -0.05) is 19.8 Å². The summed E-state index contributed by atoms with van der Waals surface area (Å²) in [6, 6.07) is 0.885.